The van der Waals surface area contributed by atoms with E-state index in [4.69, 9.17) is 4.74 Å². The fourth-order valence-electron chi connectivity index (χ4n) is 2.92. The number of anilines is 1. The Morgan fingerprint density at radius 2 is 2.23 bits per heavy atom. The number of carbonyl (C=O) groups is 1. The topological polar surface area (TPSA) is 88.6 Å². The van der Waals surface area contributed by atoms with Crippen molar-refractivity contribution in [2.45, 2.75) is 31.3 Å². The Bertz CT molecular complexity index is 908. The molecule has 0 aliphatic carbocycles. The van der Waals surface area contributed by atoms with Gasteiger partial charge in [-0.15, -0.1) is 11.3 Å². The lowest BCUT2D eigenvalue weighted by molar-refractivity contribution is -0.116. The smallest absolute Gasteiger partial charge is 0.240 e. The van der Waals surface area contributed by atoms with Crippen LogP contribution in [0.3, 0.4) is 0 Å². The molecule has 1 aromatic carbocycles. The summed E-state index contributed by atoms with van der Waals surface area (Å²) < 4.78 is 32.7. The molecule has 1 aliphatic rings. The summed E-state index contributed by atoms with van der Waals surface area (Å²) in [4.78, 5) is 17.9. The van der Waals surface area contributed by atoms with Gasteiger partial charge in [0.25, 0.3) is 0 Å². The van der Waals surface area contributed by atoms with Gasteiger partial charge in [-0.05, 0) is 30.2 Å². The molecule has 3 rings (SSSR count). The Balaban J connectivity index is 1.64. The zero-order valence-corrected chi connectivity index (χ0v) is 16.3. The van der Waals surface area contributed by atoms with Crippen molar-refractivity contribution in [3.8, 4) is 0 Å². The van der Waals surface area contributed by atoms with Crippen molar-refractivity contribution < 1.29 is 17.9 Å². The van der Waals surface area contributed by atoms with Crippen LogP contribution in [0.1, 0.15) is 23.2 Å². The Kier molecular flexibility index (Phi) is 5.71. The molecule has 7 nitrogen and oxygen atoms in total. The van der Waals surface area contributed by atoms with Crippen LogP contribution in [-0.2, 0) is 39.0 Å². The summed E-state index contributed by atoms with van der Waals surface area (Å²) >= 11 is 1.50. The number of nitrogens with zero attached hydrogens (tertiary/aromatic N) is 2. The van der Waals surface area contributed by atoms with Crippen molar-refractivity contribution in [3.63, 3.8) is 0 Å². The van der Waals surface area contributed by atoms with Gasteiger partial charge in [0.1, 0.15) is 5.01 Å². The van der Waals surface area contributed by atoms with Crippen molar-refractivity contribution in [2.75, 3.05) is 25.1 Å². The number of hydrogen-bond acceptors (Lipinski definition) is 6. The number of rotatable bonds is 7. The van der Waals surface area contributed by atoms with Crippen molar-refractivity contribution in [1.82, 2.24) is 9.71 Å². The molecule has 0 bridgehead atoms. The van der Waals surface area contributed by atoms with Crippen molar-refractivity contribution in [1.29, 1.82) is 0 Å². The largest absolute Gasteiger partial charge is 0.378 e. The van der Waals surface area contributed by atoms with Crippen molar-refractivity contribution in [3.05, 3.63) is 39.8 Å². The first-order valence-electron chi connectivity index (χ1n) is 8.23. The molecule has 2 aromatic rings. The minimum absolute atomic E-state index is 0.0337. The normalized spacial score (nSPS) is 13.8. The van der Waals surface area contributed by atoms with E-state index in [1.54, 1.807) is 30.2 Å². The highest BCUT2D eigenvalue weighted by molar-refractivity contribution is 7.89. The van der Waals surface area contributed by atoms with Crippen molar-refractivity contribution in [2.24, 2.45) is 0 Å². The van der Waals surface area contributed by atoms with Gasteiger partial charge in [0.05, 0.1) is 17.2 Å². The Morgan fingerprint density at radius 1 is 1.42 bits per heavy atom. The van der Waals surface area contributed by atoms with Gasteiger partial charge in [-0.25, -0.2) is 18.1 Å². The van der Waals surface area contributed by atoms with Gasteiger partial charge in [0.15, 0.2) is 0 Å². The molecule has 9 heteroatoms. The maximum absolute atomic E-state index is 12.5. The van der Waals surface area contributed by atoms with Crippen LogP contribution in [0.25, 0.3) is 0 Å². The summed E-state index contributed by atoms with van der Waals surface area (Å²) in [7, 11) is -1.98. The van der Waals surface area contributed by atoms with E-state index in [-0.39, 0.29) is 17.3 Å². The van der Waals surface area contributed by atoms with Crippen LogP contribution in [0.4, 0.5) is 5.69 Å². The minimum Gasteiger partial charge on any atom is -0.378 e. The van der Waals surface area contributed by atoms with E-state index in [0.29, 0.717) is 26.0 Å². The number of carbonyl (C=O) groups excluding carboxylic acids is 1. The maximum Gasteiger partial charge on any atom is 0.240 e. The summed E-state index contributed by atoms with van der Waals surface area (Å²) in [5, 5.41) is 2.79. The average molecular weight is 396 g/mol. The molecule has 0 fully saturated rings. The molecule has 140 valence electrons. The number of benzene rings is 1. The maximum atomic E-state index is 12.5. The number of thiazole rings is 1. The number of nitrogens with one attached hydrogen (secondary N) is 1. The average Bonchev–Trinajstić information content (AvgIpc) is 3.21. The zero-order chi connectivity index (χ0) is 18.7. The molecule has 1 aliphatic heterocycles. The Hall–Kier alpha value is -1.81. The standard InChI is InChI=1S/C17H21N3O4S2/c1-12(21)20-8-6-13-9-15(3-4-16(13)20)26(22,23)18-7-5-14-11-25-17(19-14)10-24-2/h3-4,9,11,18H,5-8,10H2,1-2H3. The minimum atomic E-state index is -3.60. The highest BCUT2D eigenvalue weighted by atomic mass is 32.2. The Labute approximate surface area is 157 Å². The number of hydrogen-bond donors (Lipinski definition) is 1. The van der Waals surface area contributed by atoms with E-state index in [1.807, 2.05) is 5.38 Å². The fourth-order valence-corrected chi connectivity index (χ4v) is 4.80. The first kappa shape index (κ1) is 19.0. The highest BCUT2D eigenvalue weighted by Crippen LogP contribution is 2.30. The molecule has 0 radical (unpaired) electrons. The molecule has 0 unspecified atom stereocenters. The summed E-state index contributed by atoms with van der Waals surface area (Å²) in [6.07, 6.45) is 1.18. The van der Waals surface area contributed by atoms with Crippen LogP contribution < -0.4 is 9.62 Å². The van der Waals surface area contributed by atoms with Gasteiger partial charge in [-0.2, -0.15) is 0 Å². The summed E-state index contributed by atoms with van der Waals surface area (Å²) in [6, 6.07) is 4.90. The molecular formula is C17H21N3O4S2. The SMILES string of the molecule is COCc1nc(CCNS(=O)(=O)c2ccc3c(c2)CCN3C(C)=O)cs1. The third kappa shape index (κ3) is 4.12. The van der Waals surface area contributed by atoms with Gasteiger partial charge in [0, 0.05) is 44.6 Å². The van der Waals surface area contributed by atoms with E-state index < -0.39 is 10.0 Å². The second kappa shape index (κ2) is 7.83. The summed E-state index contributed by atoms with van der Waals surface area (Å²) in [5.41, 5.74) is 2.52. The van der Waals surface area contributed by atoms with Crippen LogP contribution in [0, 0.1) is 0 Å². The molecule has 0 saturated heterocycles. The lowest BCUT2D eigenvalue weighted by Crippen LogP contribution is -2.26. The molecule has 0 spiro atoms. The fraction of sp³-hybridized carbons (Fsp3) is 0.412. The third-order valence-electron chi connectivity index (χ3n) is 4.18. The molecule has 1 amide bonds. The number of amides is 1. The van der Waals surface area contributed by atoms with Gasteiger partial charge < -0.3 is 9.64 Å². The predicted molar refractivity (Wildman–Crippen MR) is 99.9 cm³/mol. The second-order valence-electron chi connectivity index (χ2n) is 6.02. The van der Waals surface area contributed by atoms with E-state index in [0.717, 1.165) is 22.0 Å². The van der Waals surface area contributed by atoms with E-state index in [2.05, 4.69) is 9.71 Å². The first-order valence-corrected chi connectivity index (χ1v) is 10.6. The van der Waals surface area contributed by atoms with Crippen LogP contribution >= 0.6 is 11.3 Å². The van der Waals surface area contributed by atoms with E-state index in [1.165, 1.54) is 18.3 Å². The lowest BCUT2D eigenvalue weighted by atomic mass is 10.2. The van der Waals surface area contributed by atoms with Gasteiger partial charge >= 0.3 is 0 Å². The third-order valence-corrected chi connectivity index (χ3v) is 6.51. The predicted octanol–water partition coefficient (Wildman–Crippen LogP) is 1.72. The van der Waals surface area contributed by atoms with E-state index >= 15 is 0 Å². The van der Waals surface area contributed by atoms with Gasteiger partial charge in [0.2, 0.25) is 15.9 Å². The molecule has 2 heterocycles. The molecule has 26 heavy (non-hydrogen) atoms. The van der Waals surface area contributed by atoms with Gasteiger partial charge in [-0.3, -0.25) is 4.79 Å². The number of sulfonamides is 1. The van der Waals surface area contributed by atoms with Crippen LogP contribution in [0.2, 0.25) is 0 Å². The summed E-state index contributed by atoms with van der Waals surface area (Å²) in [5.74, 6) is -0.0337. The van der Waals surface area contributed by atoms with Crippen LogP contribution in [-0.4, -0.2) is 39.5 Å². The van der Waals surface area contributed by atoms with Crippen molar-refractivity contribution >= 4 is 33.0 Å². The number of aromatic nitrogens is 1. The van der Waals surface area contributed by atoms with E-state index in [9.17, 15) is 13.2 Å². The molecule has 1 N–H and O–H groups in total. The Morgan fingerprint density at radius 3 is 2.96 bits per heavy atom. The molecule has 0 atom stereocenters. The van der Waals surface area contributed by atoms with Gasteiger partial charge in [-0.1, -0.05) is 0 Å². The highest BCUT2D eigenvalue weighted by Gasteiger charge is 2.24. The number of methoxy groups -OCH3 is 1. The number of fused-ring (bicyclic) bond motifs is 1. The first-order chi connectivity index (χ1) is 12.4. The van der Waals surface area contributed by atoms with Crippen LogP contribution in [0.5, 0.6) is 0 Å². The second-order valence-corrected chi connectivity index (χ2v) is 8.73. The van der Waals surface area contributed by atoms with Crippen LogP contribution in [0.15, 0.2) is 28.5 Å². The monoisotopic (exact) mass is 395 g/mol. The quantitative estimate of drug-likeness (QED) is 0.771. The summed E-state index contributed by atoms with van der Waals surface area (Å²) in [6.45, 7) is 2.84. The molecule has 0 saturated carbocycles. The molecule has 1 aromatic heterocycles. The molecular weight excluding hydrogens is 374 g/mol. The zero-order valence-electron chi connectivity index (χ0n) is 14.7. The number of ether oxygens (including phenoxy) is 1. The lowest BCUT2D eigenvalue weighted by Gasteiger charge is -2.15.